The number of unbranched alkanes of at least 4 members (excludes halogenated alkanes) is 2. The molecule has 0 aliphatic carbocycles. The first-order valence-electron chi connectivity index (χ1n) is 9.85. The first kappa shape index (κ1) is 20.8. The molecule has 0 radical (unpaired) electrons. The molecule has 0 saturated heterocycles. The van der Waals surface area contributed by atoms with E-state index in [-0.39, 0.29) is 0 Å². The van der Waals surface area contributed by atoms with Crippen LogP contribution in [0.15, 0.2) is 35.5 Å². The first-order valence-corrected chi connectivity index (χ1v) is 9.85. The Morgan fingerprint density at radius 2 is 2.04 bits per heavy atom. The minimum Gasteiger partial charge on any atom is -0.493 e. The van der Waals surface area contributed by atoms with E-state index in [2.05, 4.69) is 54.7 Å². The smallest absolute Gasteiger partial charge is 0.191 e. The number of rotatable bonds is 10. The second-order valence-corrected chi connectivity index (χ2v) is 6.66. The zero-order chi connectivity index (χ0) is 19.5. The fourth-order valence-electron chi connectivity index (χ4n) is 2.72. The van der Waals surface area contributed by atoms with Crippen molar-refractivity contribution >= 4 is 5.96 Å². The van der Waals surface area contributed by atoms with Gasteiger partial charge in [0.05, 0.1) is 25.4 Å². The highest BCUT2D eigenvalue weighted by Gasteiger charge is 2.06. The molecule has 0 fully saturated rings. The SMILES string of the molecule is CCCCCOc1cc(C)ccc1CN=C(NCC)NCc1ccnn1C. The lowest BCUT2D eigenvalue weighted by Gasteiger charge is -2.14. The van der Waals surface area contributed by atoms with Gasteiger partial charge in [-0.15, -0.1) is 0 Å². The number of aliphatic imine (C=N–C) groups is 1. The summed E-state index contributed by atoms with van der Waals surface area (Å²) in [6, 6.07) is 8.32. The van der Waals surface area contributed by atoms with Gasteiger partial charge in [0.1, 0.15) is 5.75 Å². The van der Waals surface area contributed by atoms with Crippen LogP contribution in [0.3, 0.4) is 0 Å². The Bertz CT molecular complexity index is 723. The largest absolute Gasteiger partial charge is 0.493 e. The van der Waals surface area contributed by atoms with Crippen molar-refractivity contribution in [3.63, 3.8) is 0 Å². The van der Waals surface area contributed by atoms with Crippen LogP contribution in [0.2, 0.25) is 0 Å². The van der Waals surface area contributed by atoms with Gasteiger partial charge >= 0.3 is 0 Å². The van der Waals surface area contributed by atoms with Crippen molar-refractivity contribution < 1.29 is 4.74 Å². The molecule has 1 aromatic carbocycles. The number of nitrogens with zero attached hydrogens (tertiary/aromatic N) is 3. The molecule has 0 unspecified atom stereocenters. The molecule has 148 valence electrons. The molecule has 0 saturated carbocycles. The Hall–Kier alpha value is -2.50. The molecular weight excluding hydrogens is 338 g/mol. The second-order valence-electron chi connectivity index (χ2n) is 6.66. The van der Waals surface area contributed by atoms with E-state index in [1.165, 1.54) is 18.4 Å². The van der Waals surface area contributed by atoms with Crippen molar-refractivity contribution in [3.8, 4) is 5.75 Å². The molecule has 0 atom stereocenters. The van der Waals surface area contributed by atoms with Gasteiger partial charge in [-0.1, -0.05) is 31.9 Å². The van der Waals surface area contributed by atoms with E-state index in [9.17, 15) is 0 Å². The molecule has 0 bridgehead atoms. The van der Waals surface area contributed by atoms with Gasteiger partial charge in [0.2, 0.25) is 0 Å². The van der Waals surface area contributed by atoms with Gasteiger partial charge < -0.3 is 15.4 Å². The lowest BCUT2D eigenvalue weighted by Crippen LogP contribution is -2.37. The van der Waals surface area contributed by atoms with Crippen molar-refractivity contribution in [1.29, 1.82) is 0 Å². The summed E-state index contributed by atoms with van der Waals surface area (Å²) in [6.07, 6.45) is 5.28. The van der Waals surface area contributed by atoms with Crippen LogP contribution in [-0.4, -0.2) is 28.9 Å². The maximum atomic E-state index is 6.03. The van der Waals surface area contributed by atoms with Crippen LogP contribution < -0.4 is 15.4 Å². The Morgan fingerprint density at radius 3 is 2.74 bits per heavy atom. The summed E-state index contributed by atoms with van der Waals surface area (Å²) in [4.78, 5) is 4.73. The van der Waals surface area contributed by atoms with E-state index in [1.807, 2.05) is 17.8 Å². The topological polar surface area (TPSA) is 63.5 Å². The number of aryl methyl sites for hydroxylation is 2. The average molecular weight is 372 g/mol. The van der Waals surface area contributed by atoms with Gasteiger partial charge in [-0.05, 0) is 38.0 Å². The minimum absolute atomic E-state index is 0.574. The molecule has 2 aromatic rings. The van der Waals surface area contributed by atoms with Crippen LogP contribution in [-0.2, 0) is 20.1 Å². The van der Waals surface area contributed by atoms with Crippen molar-refractivity contribution in [3.05, 3.63) is 47.3 Å². The quantitative estimate of drug-likeness (QED) is 0.381. The standard InChI is InChI=1S/C21H33N5O/c1-5-7-8-13-27-20-14-17(3)9-10-18(20)15-23-21(22-6-2)24-16-19-11-12-25-26(19)4/h9-12,14H,5-8,13,15-16H2,1-4H3,(H2,22,23,24). The molecule has 1 aromatic heterocycles. The van der Waals surface area contributed by atoms with Crippen LogP contribution in [0, 0.1) is 6.92 Å². The molecule has 0 spiro atoms. The zero-order valence-corrected chi connectivity index (χ0v) is 17.1. The van der Waals surface area contributed by atoms with E-state index >= 15 is 0 Å². The number of guanidine groups is 1. The number of hydrogen-bond donors (Lipinski definition) is 2. The Balaban J connectivity index is 2.02. The molecule has 6 nitrogen and oxygen atoms in total. The van der Waals surface area contributed by atoms with Crippen LogP contribution in [0.1, 0.15) is 49.9 Å². The van der Waals surface area contributed by atoms with E-state index in [1.54, 1.807) is 6.20 Å². The van der Waals surface area contributed by atoms with Gasteiger partial charge in [0.15, 0.2) is 5.96 Å². The number of nitrogens with one attached hydrogen (secondary N) is 2. The lowest BCUT2D eigenvalue weighted by atomic mass is 10.1. The summed E-state index contributed by atoms with van der Waals surface area (Å²) in [5.41, 5.74) is 3.42. The molecule has 0 amide bonds. The fourth-order valence-corrected chi connectivity index (χ4v) is 2.72. The zero-order valence-electron chi connectivity index (χ0n) is 17.1. The van der Waals surface area contributed by atoms with Gasteiger partial charge in [-0.3, -0.25) is 4.68 Å². The first-order chi connectivity index (χ1) is 13.1. The molecule has 2 rings (SSSR count). The summed E-state index contributed by atoms with van der Waals surface area (Å²) >= 11 is 0. The van der Waals surface area contributed by atoms with Gasteiger partial charge in [0, 0.05) is 25.4 Å². The maximum absolute atomic E-state index is 6.03. The van der Waals surface area contributed by atoms with Crippen molar-refractivity contribution in [2.45, 2.75) is 53.1 Å². The Kier molecular flexibility index (Phi) is 8.68. The Labute approximate surface area is 163 Å². The number of benzene rings is 1. The molecule has 1 heterocycles. The number of ether oxygens (including phenoxy) is 1. The predicted molar refractivity (Wildman–Crippen MR) is 111 cm³/mol. The third-order valence-corrected chi connectivity index (χ3v) is 4.34. The molecule has 0 aliphatic rings. The molecular formula is C21H33N5O. The third kappa shape index (κ3) is 6.96. The summed E-state index contributed by atoms with van der Waals surface area (Å²) in [5, 5.41) is 10.9. The van der Waals surface area contributed by atoms with Crippen molar-refractivity contribution in [1.82, 2.24) is 20.4 Å². The molecule has 27 heavy (non-hydrogen) atoms. The highest BCUT2D eigenvalue weighted by molar-refractivity contribution is 5.79. The van der Waals surface area contributed by atoms with Crippen molar-refractivity contribution in [2.75, 3.05) is 13.2 Å². The second kappa shape index (κ2) is 11.3. The molecule has 2 N–H and O–H groups in total. The van der Waals surface area contributed by atoms with Gasteiger partial charge in [-0.25, -0.2) is 4.99 Å². The van der Waals surface area contributed by atoms with E-state index in [0.717, 1.165) is 42.5 Å². The fraction of sp³-hybridized carbons (Fsp3) is 0.524. The van der Waals surface area contributed by atoms with Crippen LogP contribution in [0.25, 0.3) is 0 Å². The summed E-state index contributed by atoms with van der Waals surface area (Å²) in [5.74, 6) is 1.73. The minimum atomic E-state index is 0.574. The predicted octanol–water partition coefficient (Wildman–Crippen LogP) is 3.55. The summed E-state index contributed by atoms with van der Waals surface area (Å²) < 4.78 is 7.89. The highest BCUT2D eigenvalue weighted by atomic mass is 16.5. The van der Waals surface area contributed by atoms with Gasteiger partial charge in [0.25, 0.3) is 0 Å². The molecule has 0 aliphatic heterocycles. The normalized spacial score (nSPS) is 11.5. The maximum Gasteiger partial charge on any atom is 0.191 e. The van der Waals surface area contributed by atoms with Crippen LogP contribution in [0.5, 0.6) is 5.75 Å². The number of aromatic nitrogens is 2. The van der Waals surface area contributed by atoms with Crippen LogP contribution >= 0.6 is 0 Å². The summed E-state index contributed by atoms with van der Waals surface area (Å²) in [6.45, 7) is 9.17. The Morgan fingerprint density at radius 1 is 1.19 bits per heavy atom. The lowest BCUT2D eigenvalue weighted by molar-refractivity contribution is 0.303. The highest BCUT2D eigenvalue weighted by Crippen LogP contribution is 2.21. The summed E-state index contributed by atoms with van der Waals surface area (Å²) in [7, 11) is 1.94. The van der Waals surface area contributed by atoms with E-state index in [0.29, 0.717) is 13.1 Å². The van der Waals surface area contributed by atoms with Crippen LogP contribution in [0.4, 0.5) is 0 Å². The molecule has 6 heteroatoms. The van der Waals surface area contributed by atoms with E-state index < -0.39 is 0 Å². The van der Waals surface area contributed by atoms with E-state index in [4.69, 9.17) is 9.73 Å². The third-order valence-electron chi connectivity index (χ3n) is 4.34. The van der Waals surface area contributed by atoms with Gasteiger partial charge in [-0.2, -0.15) is 5.10 Å². The average Bonchev–Trinajstić information content (AvgIpc) is 3.07. The number of hydrogen-bond acceptors (Lipinski definition) is 3. The van der Waals surface area contributed by atoms with Crippen molar-refractivity contribution in [2.24, 2.45) is 12.0 Å². The monoisotopic (exact) mass is 371 g/mol.